The smallest absolute Gasteiger partial charge is 0.308 e. The van der Waals surface area contributed by atoms with Gasteiger partial charge in [0.2, 0.25) is 0 Å². The summed E-state index contributed by atoms with van der Waals surface area (Å²) in [5.41, 5.74) is 0. The van der Waals surface area contributed by atoms with Gasteiger partial charge < -0.3 is 9.84 Å². The number of carbonyl (C=O) groups is 1. The first kappa shape index (κ1) is 12.7. The van der Waals surface area contributed by atoms with Crippen molar-refractivity contribution in [2.24, 2.45) is 0 Å². The molecule has 1 N–H and O–H groups in total. The van der Waals surface area contributed by atoms with Gasteiger partial charge in [0.25, 0.3) is 0 Å². The Morgan fingerprint density at radius 1 is 1.14 bits per heavy atom. The molecular formula is C11H16O3. The summed E-state index contributed by atoms with van der Waals surface area (Å²) in [6.07, 6.45) is 0.105. The van der Waals surface area contributed by atoms with Gasteiger partial charge in [0, 0.05) is 0 Å². The molecular weight excluding hydrogens is 180 g/mol. The molecule has 1 aromatic carbocycles. The second-order valence-electron chi connectivity index (χ2n) is 2.43. The molecule has 14 heavy (non-hydrogen) atoms. The predicted octanol–water partition coefficient (Wildman–Crippen LogP) is 1.62. The monoisotopic (exact) mass is 196 g/mol. The fourth-order valence-electron chi connectivity index (χ4n) is 0.709. The number of carbonyl (C=O) groups excluding carboxylic acids is 1. The summed E-state index contributed by atoms with van der Waals surface area (Å²) in [4.78, 5) is 10.3. The number of hydrogen-bond donors (Lipinski definition) is 1. The third-order valence-corrected chi connectivity index (χ3v) is 1.29. The maximum atomic E-state index is 10.3. The van der Waals surface area contributed by atoms with Crippen LogP contribution < -0.4 is 0 Å². The first-order valence-corrected chi connectivity index (χ1v) is 4.57. The molecule has 0 bridgehead atoms. The van der Waals surface area contributed by atoms with Crippen molar-refractivity contribution < 1.29 is 14.6 Å². The summed E-state index contributed by atoms with van der Waals surface area (Å²) in [5, 5.41) is 8.16. The Kier molecular flexibility index (Phi) is 8.80. The molecule has 1 rings (SSSR count). The Hall–Kier alpha value is -1.35. The molecule has 0 spiro atoms. The van der Waals surface area contributed by atoms with Crippen molar-refractivity contribution in [3.63, 3.8) is 0 Å². The van der Waals surface area contributed by atoms with Gasteiger partial charge in [0.05, 0.1) is 19.6 Å². The van der Waals surface area contributed by atoms with Crippen LogP contribution in [-0.4, -0.2) is 24.3 Å². The van der Waals surface area contributed by atoms with Crippen LogP contribution in [0.4, 0.5) is 0 Å². The van der Waals surface area contributed by atoms with Crippen LogP contribution >= 0.6 is 0 Å². The van der Waals surface area contributed by atoms with Crippen LogP contribution in [0.1, 0.15) is 13.3 Å². The fraction of sp³-hybridized carbons (Fsp3) is 0.364. The predicted molar refractivity (Wildman–Crippen MR) is 54.8 cm³/mol. The van der Waals surface area contributed by atoms with Crippen molar-refractivity contribution in [2.45, 2.75) is 13.3 Å². The molecule has 0 fully saturated rings. The lowest BCUT2D eigenvalue weighted by Crippen LogP contribution is -2.05. The molecule has 0 saturated carbocycles. The highest BCUT2D eigenvalue weighted by Gasteiger charge is 1.96. The van der Waals surface area contributed by atoms with E-state index in [0.717, 1.165) is 0 Å². The third kappa shape index (κ3) is 8.74. The Bertz CT molecular complexity index is 187. The van der Waals surface area contributed by atoms with Gasteiger partial charge in [-0.25, -0.2) is 0 Å². The van der Waals surface area contributed by atoms with Crippen LogP contribution in [0, 0.1) is 0 Å². The minimum Gasteiger partial charge on any atom is -0.466 e. The van der Waals surface area contributed by atoms with Gasteiger partial charge in [-0.3, -0.25) is 4.79 Å². The molecule has 78 valence electrons. The van der Waals surface area contributed by atoms with Crippen molar-refractivity contribution in [3.8, 4) is 0 Å². The zero-order valence-electron chi connectivity index (χ0n) is 8.35. The van der Waals surface area contributed by atoms with Crippen molar-refractivity contribution in [1.29, 1.82) is 0 Å². The van der Waals surface area contributed by atoms with Gasteiger partial charge in [-0.1, -0.05) is 36.4 Å². The average molecular weight is 196 g/mol. The highest BCUT2D eigenvalue weighted by Crippen LogP contribution is 1.82. The Balaban J connectivity index is 0.000000249. The summed E-state index contributed by atoms with van der Waals surface area (Å²) in [7, 11) is 0. The lowest BCUT2D eigenvalue weighted by molar-refractivity contribution is -0.143. The van der Waals surface area contributed by atoms with Crippen LogP contribution in [0.2, 0.25) is 0 Å². The highest BCUT2D eigenvalue weighted by molar-refractivity contribution is 5.69. The molecule has 3 heteroatoms. The minimum atomic E-state index is -0.338. The van der Waals surface area contributed by atoms with E-state index in [1.807, 2.05) is 36.4 Å². The molecule has 0 aliphatic heterocycles. The number of aliphatic hydroxyl groups is 1. The normalized spacial score (nSPS) is 8.43. The van der Waals surface area contributed by atoms with Gasteiger partial charge in [-0.2, -0.15) is 0 Å². The topological polar surface area (TPSA) is 46.5 Å². The number of esters is 1. The molecule has 0 aliphatic rings. The molecule has 0 aromatic heterocycles. The molecule has 0 amide bonds. The second-order valence-corrected chi connectivity index (χ2v) is 2.43. The van der Waals surface area contributed by atoms with Gasteiger partial charge in [-0.15, -0.1) is 0 Å². The van der Waals surface area contributed by atoms with E-state index in [9.17, 15) is 4.79 Å². The van der Waals surface area contributed by atoms with Crippen LogP contribution in [0.15, 0.2) is 36.4 Å². The average Bonchev–Trinajstić information content (AvgIpc) is 2.22. The number of aliphatic hydroxyl groups excluding tert-OH is 1. The van der Waals surface area contributed by atoms with E-state index in [-0.39, 0.29) is 19.0 Å². The van der Waals surface area contributed by atoms with Gasteiger partial charge in [-0.05, 0) is 6.92 Å². The van der Waals surface area contributed by atoms with Crippen molar-refractivity contribution in [2.75, 3.05) is 13.2 Å². The van der Waals surface area contributed by atoms with E-state index in [1.165, 1.54) is 0 Å². The lowest BCUT2D eigenvalue weighted by Gasteiger charge is -1.96. The SMILES string of the molecule is CCOC(=O)CCO.c1ccccc1. The summed E-state index contributed by atoms with van der Waals surface area (Å²) < 4.78 is 4.48. The van der Waals surface area contributed by atoms with Crippen LogP contribution in [-0.2, 0) is 9.53 Å². The van der Waals surface area contributed by atoms with Crippen LogP contribution in [0.25, 0.3) is 0 Å². The Labute approximate surface area is 84.3 Å². The summed E-state index contributed by atoms with van der Waals surface area (Å²) >= 11 is 0. The van der Waals surface area contributed by atoms with Gasteiger partial charge >= 0.3 is 5.97 Å². The maximum absolute atomic E-state index is 10.3. The van der Waals surface area contributed by atoms with E-state index in [2.05, 4.69) is 4.74 Å². The second kappa shape index (κ2) is 9.74. The van der Waals surface area contributed by atoms with Crippen molar-refractivity contribution in [1.82, 2.24) is 0 Å². The molecule has 0 unspecified atom stereocenters. The molecule has 0 saturated heterocycles. The van der Waals surface area contributed by atoms with E-state index in [4.69, 9.17) is 5.11 Å². The number of hydrogen-bond acceptors (Lipinski definition) is 3. The van der Waals surface area contributed by atoms with Crippen LogP contribution in [0.3, 0.4) is 0 Å². The first-order valence-electron chi connectivity index (χ1n) is 4.57. The van der Waals surface area contributed by atoms with Gasteiger partial charge in [0.15, 0.2) is 0 Å². The van der Waals surface area contributed by atoms with E-state index < -0.39 is 0 Å². The highest BCUT2D eigenvalue weighted by atomic mass is 16.5. The molecule has 0 radical (unpaired) electrons. The Morgan fingerprint density at radius 3 is 1.86 bits per heavy atom. The summed E-state index contributed by atoms with van der Waals surface area (Å²) in [5.74, 6) is -0.338. The summed E-state index contributed by atoms with van der Waals surface area (Å²) in [6.45, 7) is 1.99. The van der Waals surface area contributed by atoms with E-state index >= 15 is 0 Å². The van der Waals surface area contributed by atoms with E-state index in [0.29, 0.717) is 6.61 Å². The zero-order valence-corrected chi connectivity index (χ0v) is 8.35. The number of benzene rings is 1. The molecule has 0 atom stereocenters. The first-order chi connectivity index (χ1) is 6.81. The molecule has 1 aromatic rings. The van der Waals surface area contributed by atoms with Crippen molar-refractivity contribution >= 4 is 5.97 Å². The van der Waals surface area contributed by atoms with Gasteiger partial charge in [0.1, 0.15) is 0 Å². The zero-order chi connectivity index (χ0) is 10.6. The lowest BCUT2D eigenvalue weighted by atomic mass is 10.4. The van der Waals surface area contributed by atoms with E-state index in [1.54, 1.807) is 6.92 Å². The number of ether oxygens (including phenoxy) is 1. The third-order valence-electron chi connectivity index (χ3n) is 1.29. The van der Waals surface area contributed by atoms with Crippen molar-refractivity contribution in [3.05, 3.63) is 36.4 Å². The molecule has 3 nitrogen and oxygen atoms in total. The Morgan fingerprint density at radius 2 is 1.57 bits per heavy atom. The molecule has 0 heterocycles. The minimum absolute atomic E-state index is 0.105. The standard InChI is InChI=1S/C6H6.C5H10O3/c1-2-4-6-5-3-1;1-2-8-5(7)3-4-6/h1-6H;6H,2-4H2,1H3. The quantitative estimate of drug-likeness (QED) is 0.747. The van der Waals surface area contributed by atoms with Crippen LogP contribution in [0.5, 0.6) is 0 Å². The molecule has 0 aliphatic carbocycles. The summed E-state index contributed by atoms with van der Waals surface area (Å²) in [6, 6.07) is 12.0. The maximum Gasteiger partial charge on any atom is 0.308 e. The fourth-order valence-corrected chi connectivity index (χ4v) is 0.709. The number of rotatable bonds is 3. The largest absolute Gasteiger partial charge is 0.466 e.